The summed E-state index contributed by atoms with van der Waals surface area (Å²) in [5, 5.41) is 1.20. The molecule has 1 nitrogen and oxygen atoms in total. The van der Waals surface area contributed by atoms with Crippen LogP contribution in [0.15, 0.2) is 34.8 Å². The molecule has 0 N–H and O–H groups in total. The van der Waals surface area contributed by atoms with Crippen LogP contribution in [0.5, 0.6) is 0 Å². The highest BCUT2D eigenvalue weighted by molar-refractivity contribution is 5.91. The lowest BCUT2D eigenvalue weighted by Gasteiger charge is -1.96. The number of fused-ring (bicyclic) bond motifs is 1. The summed E-state index contributed by atoms with van der Waals surface area (Å²) in [5.74, 6) is 0. The van der Waals surface area contributed by atoms with Gasteiger partial charge in [-0.3, -0.25) is 0 Å². The Morgan fingerprint density at radius 1 is 1.21 bits per heavy atom. The lowest BCUT2D eigenvalue weighted by molar-refractivity contribution is 0.604. The highest BCUT2D eigenvalue weighted by Gasteiger charge is 2.13. The summed E-state index contributed by atoms with van der Waals surface area (Å²) in [6.07, 6.45) is 8.94. The molecule has 0 amide bonds. The van der Waals surface area contributed by atoms with Crippen molar-refractivity contribution in [1.82, 2.24) is 0 Å². The molecule has 0 aliphatic heterocycles. The van der Waals surface area contributed by atoms with E-state index in [0.29, 0.717) is 0 Å². The lowest BCUT2D eigenvalue weighted by atomic mass is 10.0. The third-order valence-electron chi connectivity index (χ3n) is 2.78. The van der Waals surface area contributed by atoms with Crippen LogP contribution >= 0.6 is 0 Å². The van der Waals surface area contributed by atoms with Gasteiger partial charge in [0.1, 0.15) is 5.58 Å². The van der Waals surface area contributed by atoms with E-state index in [-0.39, 0.29) is 0 Å². The van der Waals surface area contributed by atoms with E-state index in [2.05, 4.69) is 18.4 Å². The van der Waals surface area contributed by atoms with Crippen molar-refractivity contribution in [3.63, 3.8) is 0 Å². The molecule has 0 fully saturated rings. The molecule has 1 radical (unpaired) electrons. The number of para-hydroxylation sites is 1. The summed E-state index contributed by atoms with van der Waals surface area (Å²) in [6, 6.07) is 8.13. The first kappa shape index (κ1) is 7.86. The molecule has 1 aliphatic carbocycles. The third kappa shape index (κ3) is 1.09. The molecule has 1 aromatic heterocycles. The van der Waals surface area contributed by atoms with Crippen molar-refractivity contribution in [1.29, 1.82) is 0 Å². The molecule has 0 bridgehead atoms. The number of allylic oxidation sites excluding steroid dienone is 2. The van der Waals surface area contributed by atoms with Crippen molar-refractivity contribution in [3.05, 3.63) is 42.2 Å². The Bertz CT molecular complexity index is 491. The second kappa shape index (κ2) is 3.02. The number of furan rings is 1. The third-order valence-corrected chi connectivity index (χ3v) is 2.78. The zero-order valence-electron chi connectivity index (χ0n) is 7.92. The van der Waals surface area contributed by atoms with Gasteiger partial charge < -0.3 is 4.42 Å². The summed E-state index contributed by atoms with van der Waals surface area (Å²) < 4.78 is 5.40. The molecule has 1 heteroatoms. The van der Waals surface area contributed by atoms with Gasteiger partial charge in [0.2, 0.25) is 0 Å². The van der Waals surface area contributed by atoms with Gasteiger partial charge in [-0.2, -0.15) is 0 Å². The van der Waals surface area contributed by atoms with Crippen molar-refractivity contribution < 1.29 is 4.42 Å². The molecule has 1 heterocycles. The van der Waals surface area contributed by atoms with E-state index < -0.39 is 0 Å². The maximum atomic E-state index is 5.40. The molecule has 0 spiro atoms. The van der Waals surface area contributed by atoms with Crippen LogP contribution in [0.2, 0.25) is 0 Å². The van der Waals surface area contributed by atoms with E-state index in [1.54, 1.807) is 0 Å². The summed E-state index contributed by atoms with van der Waals surface area (Å²) in [5.41, 5.74) is 3.50. The largest absolute Gasteiger partial charge is 0.452 e. The average Bonchev–Trinajstić information content (AvgIpc) is 2.85. The molecule has 0 unspecified atom stereocenters. The predicted octanol–water partition coefficient (Wildman–Crippen LogP) is 3.80. The summed E-state index contributed by atoms with van der Waals surface area (Å²) in [4.78, 5) is 0. The highest BCUT2D eigenvalue weighted by Crippen LogP contribution is 2.33. The molecule has 0 atom stereocenters. The van der Waals surface area contributed by atoms with Gasteiger partial charge in [-0.15, -0.1) is 0 Å². The fourth-order valence-electron chi connectivity index (χ4n) is 2.06. The van der Waals surface area contributed by atoms with Crippen LogP contribution in [0.1, 0.15) is 24.8 Å². The fraction of sp³-hybridized carbons (Fsp3) is 0.231. The van der Waals surface area contributed by atoms with Crippen molar-refractivity contribution >= 4 is 16.5 Å². The SMILES string of the molecule is [c]1oc2ccccc2c1C1=CCCC1. The highest BCUT2D eigenvalue weighted by atomic mass is 16.3. The standard InChI is InChI=1S/C13H11O/c1-2-6-10(5-1)12-9-14-13-8-4-3-7-11(12)13/h3-5,7-8H,1-2,6H2. The first-order chi connectivity index (χ1) is 6.95. The molecular formula is C13H11O. The zero-order chi connectivity index (χ0) is 9.38. The number of benzene rings is 1. The minimum atomic E-state index is 0.940. The van der Waals surface area contributed by atoms with E-state index in [1.807, 2.05) is 18.2 Å². The Morgan fingerprint density at radius 2 is 2.14 bits per heavy atom. The van der Waals surface area contributed by atoms with Gasteiger partial charge in [0.05, 0.1) is 0 Å². The maximum Gasteiger partial charge on any atom is 0.178 e. The van der Waals surface area contributed by atoms with Crippen LogP contribution in [0, 0.1) is 6.26 Å². The second-order valence-corrected chi connectivity index (χ2v) is 3.70. The molecule has 1 aliphatic rings. The van der Waals surface area contributed by atoms with E-state index in [4.69, 9.17) is 4.42 Å². The molecule has 0 saturated carbocycles. The minimum Gasteiger partial charge on any atom is -0.452 e. The Hall–Kier alpha value is -1.50. The van der Waals surface area contributed by atoms with Crippen LogP contribution in [-0.4, -0.2) is 0 Å². The fourth-order valence-corrected chi connectivity index (χ4v) is 2.06. The molecule has 14 heavy (non-hydrogen) atoms. The van der Waals surface area contributed by atoms with Crippen LogP contribution in [0.3, 0.4) is 0 Å². The van der Waals surface area contributed by atoms with E-state index in [1.165, 1.54) is 30.2 Å². The van der Waals surface area contributed by atoms with Gasteiger partial charge in [-0.05, 0) is 30.9 Å². The molecule has 1 aromatic carbocycles. The van der Waals surface area contributed by atoms with Gasteiger partial charge in [0.25, 0.3) is 0 Å². The molecule has 3 rings (SSSR count). The van der Waals surface area contributed by atoms with Gasteiger partial charge in [0.15, 0.2) is 6.26 Å². The summed E-state index contributed by atoms with van der Waals surface area (Å²) >= 11 is 0. The Balaban J connectivity index is 2.21. The minimum absolute atomic E-state index is 0.940. The normalized spacial score (nSPS) is 16.1. The Morgan fingerprint density at radius 3 is 3.00 bits per heavy atom. The van der Waals surface area contributed by atoms with Crippen LogP contribution in [-0.2, 0) is 0 Å². The predicted molar refractivity (Wildman–Crippen MR) is 56.9 cm³/mol. The summed E-state index contributed by atoms with van der Waals surface area (Å²) in [6.45, 7) is 0. The first-order valence-electron chi connectivity index (χ1n) is 5.04. The average molecular weight is 183 g/mol. The molecule has 0 saturated heterocycles. The second-order valence-electron chi connectivity index (χ2n) is 3.70. The van der Waals surface area contributed by atoms with Gasteiger partial charge in [-0.1, -0.05) is 24.3 Å². The van der Waals surface area contributed by atoms with Crippen LogP contribution < -0.4 is 0 Å². The van der Waals surface area contributed by atoms with Crippen LogP contribution in [0.25, 0.3) is 16.5 Å². The van der Waals surface area contributed by atoms with Gasteiger partial charge >= 0.3 is 0 Å². The Kier molecular flexibility index (Phi) is 1.69. The zero-order valence-corrected chi connectivity index (χ0v) is 7.92. The van der Waals surface area contributed by atoms with Gasteiger partial charge in [-0.25, -0.2) is 0 Å². The maximum absolute atomic E-state index is 5.40. The number of hydrogen-bond acceptors (Lipinski definition) is 1. The smallest absolute Gasteiger partial charge is 0.178 e. The molecule has 69 valence electrons. The van der Waals surface area contributed by atoms with Crippen molar-refractivity contribution in [2.24, 2.45) is 0 Å². The lowest BCUT2D eigenvalue weighted by Crippen LogP contribution is -1.76. The van der Waals surface area contributed by atoms with E-state index in [9.17, 15) is 0 Å². The number of hydrogen-bond donors (Lipinski definition) is 0. The van der Waals surface area contributed by atoms with Crippen molar-refractivity contribution in [2.45, 2.75) is 19.3 Å². The molecule has 2 aromatic rings. The van der Waals surface area contributed by atoms with Crippen molar-refractivity contribution in [2.75, 3.05) is 0 Å². The number of rotatable bonds is 1. The van der Waals surface area contributed by atoms with Gasteiger partial charge in [0, 0.05) is 10.9 Å². The first-order valence-corrected chi connectivity index (χ1v) is 5.04. The monoisotopic (exact) mass is 183 g/mol. The van der Waals surface area contributed by atoms with E-state index >= 15 is 0 Å². The van der Waals surface area contributed by atoms with E-state index in [0.717, 1.165) is 11.1 Å². The van der Waals surface area contributed by atoms with Crippen molar-refractivity contribution in [3.8, 4) is 0 Å². The Labute approximate surface area is 83.0 Å². The topological polar surface area (TPSA) is 13.1 Å². The summed E-state index contributed by atoms with van der Waals surface area (Å²) in [7, 11) is 0. The van der Waals surface area contributed by atoms with Crippen LogP contribution in [0.4, 0.5) is 0 Å². The quantitative estimate of drug-likeness (QED) is 0.655. The molecular weight excluding hydrogens is 172 g/mol.